The summed E-state index contributed by atoms with van der Waals surface area (Å²) in [6.07, 6.45) is 2.00. The van der Waals surface area contributed by atoms with Gasteiger partial charge in [0.15, 0.2) is 0 Å². The van der Waals surface area contributed by atoms with Crippen molar-refractivity contribution in [2.45, 2.75) is 38.0 Å². The van der Waals surface area contributed by atoms with Crippen LogP contribution in [0.2, 0.25) is 0 Å². The molecule has 2 aromatic carbocycles. The number of hydrogen-bond acceptors (Lipinski definition) is 4. The molecule has 1 aliphatic carbocycles. The van der Waals surface area contributed by atoms with Crippen molar-refractivity contribution in [3.8, 4) is 5.75 Å². The Morgan fingerprint density at radius 1 is 1.19 bits per heavy atom. The van der Waals surface area contributed by atoms with Gasteiger partial charge in [-0.15, -0.1) is 0 Å². The maximum atomic E-state index is 12.7. The van der Waals surface area contributed by atoms with Crippen molar-refractivity contribution in [2.24, 2.45) is 5.92 Å². The molecule has 1 aliphatic heterocycles. The van der Waals surface area contributed by atoms with Crippen LogP contribution >= 0.6 is 0 Å². The minimum Gasteiger partial charge on any atom is -0.493 e. The molecule has 1 fully saturated rings. The van der Waals surface area contributed by atoms with Gasteiger partial charge >= 0.3 is 0 Å². The van der Waals surface area contributed by atoms with Gasteiger partial charge in [-0.2, -0.15) is 0 Å². The fraction of sp³-hybridized carbons (Fsp3) is 0.381. The Labute approximate surface area is 152 Å². The van der Waals surface area contributed by atoms with Crippen LogP contribution in [0.1, 0.15) is 45.9 Å². The van der Waals surface area contributed by atoms with E-state index in [9.17, 15) is 9.90 Å². The highest BCUT2D eigenvalue weighted by Crippen LogP contribution is 2.40. The number of benzene rings is 2. The lowest BCUT2D eigenvalue weighted by Crippen LogP contribution is -2.41. The van der Waals surface area contributed by atoms with Crippen LogP contribution in [-0.4, -0.2) is 28.8 Å². The van der Waals surface area contributed by atoms with Crippen LogP contribution in [0.3, 0.4) is 0 Å². The van der Waals surface area contributed by atoms with E-state index in [2.05, 4.69) is 11.4 Å². The summed E-state index contributed by atoms with van der Waals surface area (Å²) in [7, 11) is 0. The van der Waals surface area contributed by atoms with Gasteiger partial charge in [-0.05, 0) is 59.7 Å². The van der Waals surface area contributed by atoms with E-state index in [4.69, 9.17) is 9.84 Å². The van der Waals surface area contributed by atoms with Gasteiger partial charge in [-0.3, -0.25) is 4.79 Å². The molecule has 5 heteroatoms. The molecule has 2 aliphatic rings. The molecule has 0 bridgehead atoms. The second-order valence-corrected chi connectivity index (χ2v) is 7.16. The first-order chi connectivity index (χ1) is 12.6. The topological polar surface area (TPSA) is 78.8 Å². The van der Waals surface area contributed by atoms with Crippen molar-refractivity contribution in [1.29, 1.82) is 0 Å². The fourth-order valence-electron chi connectivity index (χ4n) is 3.76. The molecule has 0 spiro atoms. The molecule has 1 saturated carbocycles. The lowest BCUT2D eigenvalue weighted by molar-refractivity contribution is 0.0235. The van der Waals surface area contributed by atoms with Crippen molar-refractivity contribution < 1.29 is 19.7 Å². The number of aliphatic hydroxyl groups excluding tert-OH is 2. The van der Waals surface area contributed by atoms with Crippen molar-refractivity contribution >= 4 is 5.91 Å². The summed E-state index contributed by atoms with van der Waals surface area (Å²) >= 11 is 0. The lowest BCUT2D eigenvalue weighted by Gasteiger charge is -2.38. The first kappa shape index (κ1) is 17.1. The van der Waals surface area contributed by atoms with Crippen LogP contribution in [0.4, 0.5) is 0 Å². The van der Waals surface area contributed by atoms with Crippen molar-refractivity contribution in [3.05, 3.63) is 64.7 Å². The smallest absolute Gasteiger partial charge is 0.251 e. The lowest BCUT2D eigenvalue weighted by atomic mass is 9.74. The van der Waals surface area contributed by atoms with Crippen molar-refractivity contribution in [1.82, 2.24) is 5.32 Å². The fourth-order valence-corrected chi connectivity index (χ4v) is 3.76. The standard InChI is InChI=1S/C21H23NO4/c23-12-13-1-3-14(4-2-13)21(25)22-20(17-10-18(24)11-17)16-5-6-19-15(9-16)7-8-26-19/h1-6,9,17-18,20,23-24H,7-8,10-12H2,(H,22,25)/t17?,18?,20-/m1/s1. The molecule has 5 nitrogen and oxygen atoms in total. The van der Waals surface area contributed by atoms with Crippen LogP contribution < -0.4 is 10.1 Å². The Balaban J connectivity index is 1.56. The summed E-state index contributed by atoms with van der Waals surface area (Å²) in [6.45, 7) is 0.664. The Bertz CT molecular complexity index is 796. The normalized spacial score (nSPS) is 22.1. The number of hydrogen-bond donors (Lipinski definition) is 3. The molecule has 0 radical (unpaired) electrons. The zero-order valence-electron chi connectivity index (χ0n) is 14.5. The van der Waals surface area contributed by atoms with Gasteiger partial charge in [-0.1, -0.05) is 18.2 Å². The van der Waals surface area contributed by atoms with Gasteiger partial charge in [0.05, 0.1) is 25.4 Å². The summed E-state index contributed by atoms with van der Waals surface area (Å²) in [5.41, 5.74) is 3.58. The highest BCUT2D eigenvalue weighted by atomic mass is 16.5. The Morgan fingerprint density at radius 2 is 1.96 bits per heavy atom. The Morgan fingerprint density at radius 3 is 2.65 bits per heavy atom. The van der Waals surface area contributed by atoms with E-state index >= 15 is 0 Å². The molecule has 1 atom stereocenters. The number of nitrogens with one attached hydrogen (secondary N) is 1. The van der Waals surface area contributed by atoms with Crippen LogP contribution in [-0.2, 0) is 13.0 Å². The quantitative estimate of drug-likeness (QED) is 0.771. The Hall–Kier alpha value is -2.37. The highest BCUT2D eigenvalue weighted by Gasteiger charge is 2.36. The third kappa shape index (κ3) is 3.32. The molecule has 136 valence electrons. The van der Waals surface area contributed by atoms with Gasteiger partial charge in [-0.25, -0.2) is 0 Å². The molecule has 3 N–H and O–H groups in total. The summed E-state index contributed by atoms with van der Waals surface area (Å²) < 4.78 is 5.58. The summed E-state index contributed by atoms with van der Waals surface area (Å²) in [5, 5.41) is 22.0. The molecular weight excluding hydrogens is 330 g/mol. The van der Waals surface area contributed by atoms with Gasteiger partial charge in [0.1, 0.15) is 5.75 Å². The zero-order valence-corrected chi connectivity index (χ0v) is 14.5. The van der Waals surface area contributed by atoms with E-state index in [1.54, 1.807) is 24.3 Å². The van der Waals surface area contributed by atoms with Crippen LogP contribution in [0.5, 0.6) is 5.75 Å². The third-order valence-electron chi connectivity index (χ3n) is 5.38. The second kappa shape index (κ2) is 7.09. The van der Waals surface area contributed by atoms with Gasteiger partial charge < -0.3 is 20.3 Å². The molecular formula is C21H23NO4. The minimum absolute atomic E-state index is 0.0400. The molecule has 0 aromatic heterocycles. The molecule has 2 aromatic rings. The number of amides is 1. The maximum Gasteiger partial charge on any atom is 0.251 e. The number of aliphatic hydroxyl groups is 2. The molecule has 1 amide bonds. The summed E-state index contributed by atoms with van der Waals surface area (Å²) in [4.78, 5) is 12.7. The molecule has 0 unspecified atom stereocenters. The first-order valence-corrected chi connectivity index (χ1v) is 9.08. The van der Waals surface area contributed by atoms with E-state index in [1.807, 2.05) is 12.1 Å². The maximum absolute atomic E-state index is 12.7. The van der Waals surface area contributed by atoms with E-state index in [-0.39, 0.29) is 30.6 Å². The van der Waals surface area contributed by atoms with Crippen molar-refractivity contribution in [3.63, 3.8) is 0 Å². The van der Waals surface area contributed by atoms with E-state index in [1.165, 1.54) is 5.56 Å². The van der Waals surface area contributed by atoms with Crippen LogP contribution in [0.25, 0.3) is 0 Å². The minimum atomic E-state index is -0.277. The number of rotatable bonds is 5. The number of carbonyl (C=O) groups excluding carboxylic acids is 1. The molecule has 4 rings (SSSR count). The molecule has 26 heavy (non-hydrogen) atoms. The van der Waals surface area contributed by atoms with E-state index < -0.39 is 0 Å². The van der Waals surface area contributed by atoms with Gasteiger partial charge in [0.2, 0.25) is 0 Å². The number of carbonyl (C=O) groups is 1. The van der Waals surface area contributed by atoms with E-state index in [0.717, 1.165) is 23.3 Å². The van der Waals surface area contributed by atoms with Crippen molar-refractivity contribution in [2.75, 3.05) is 6.61 Å². The molecule has 1 heterocycles. The third-order valence-corrected chi connectivity index (χ3v) is 5.38. The SMILES string of the molecule is O=C(N[C@H](c1ccc2c(c1)CCO2)C1CC(O)C1)c1ccc(CO)cc1. The average molecular weight is 353 g/mol. The second-order valence-electron chi connectivity index (χ2n) is 7.16. The Kier molecular flexibility index (Phi) is 4.66. The monoisotopic (exact) mass is 353 g/mol. The highest BCUT2D eigenvalue weighted by molar-refractivity contribution is 5.94. The van der Waals surface area contributed by atoms with Crippen LogP contribution in [0.15, 0.2) is 42.5 Å². The largest absolute Gasteiger partial charge is 0.493 e. The summed E-state index contributed by atoms with van der Waals surface area (Å²) in [5.74, 6) is 1.01. The van der Waals surface area contributed by atoms with Gasteiger partial charge in [0.25, 0.3) is 5.91 Å². The number of ether oxygens (including phenoxy) is 1. The first-order valence-electron chi connectivity index (χ1n) is 9.08. The molecule has 0 saturated heterocycles. The van der Waals surface area contributed by atoms with Crippen LogP contribution in [0, 0.1) is 5.92 Å². The van der Waals surface area contributed by atoms with E-state index in [0.29, 0.717) is 25.0 Å². The average Bonchev–Trinajstić information content (AvgIpc) is 3.11. The predicted molar refractivity (Wildman–Crippen MR) is 96.9 cm³/mol. The predicted octanol–water partition coefficient (Wildman–Crippen LogP) is 2.36. The number of fused-ring (bicyclic) bond motifs is 1. The van der Waals surface area contributed by atoms with Gasteiger partial charge in [0, 0.05) is 12.0 Å². The summed E-state index contributed by atoms with van der Waals surface area (Å²) in [6, 6.07) is 12.9. The zero-order chi connectivity index (χ0) is 18.1.